The molecule has 1 fully saturated rings. The second-order valence-corrected chi connectivity index (χ2v) is 4.94. The molecule has 2 heteroatoms. The maximum absolute atomic E-state index is 5.24. The molecule has 2 nitrogen and oxygen atoms in total. The van der Waals surface area contributed by atoms with E-state index in [1.54, 1.807) is 7.11 Å². The molecule has 88 valence electrons. The molecule has 1 N–H and O–H groups in total. The van der Waals surface area contributed by atoms with Crippen molar-refractivity contribution in [3.05, 3.63) is 42.0 Å². The van der Waals surface area contributed by atoms with Gasteiger partial charge in [0.05, 0.1) is 7.11 Å². The van der Waals surface area contributed by atoms with Gasteiger partial charge in [-0.1, -0.05) is 18.2 Å². The first kappa shape index (κ1) is 10.6. The Kier molecular flexibility index (Phi) is 2.33. The zero-order valence-electron chi connectivity index (χ0n) is 10.3. The molecule has 0 aliphatic carbocycles. The number of rotatable bonds is 2. The topological polar surface area (TPSA) is 21.3 Å². The van der Waals surface area contributed by atoms with Crippen molar-refractivity contribution in [2.24, 2.45) is 0 Å². The van der Waals surface area contributed by atoms with Crippen molar-refractivity contribution in [1.29, 1.82) is 0 Å². The predicted molar refractivity (Wildman–Crippen MR) is 70.5 cm³/mol. The Balaban J connectivity index is 2.07. The van der Waals surface area contributed by atoms with Gasteiger partial charge in [0.2, 0.25) is 0 Å². The van der Waals surface area contributed by atoms with Crippen molar-refractivity contribution < 1.29 is 4.74 Å². The molecule has 2 aromatic carbocycles. The van der Waals surface area contributed by atoms with E-state index in [2.05, 4.69) is 42.6 Å². The van der Waals surface area contributed by atoms with Crippen LogP contribution in [0.15, 0.2) is 36.4 Å². The summed E-state index contributed by atoms with van der Waals surface area (Å²) in [6.45, 7) is 3.39. The molecule has 2 aromatic rings. The third kappa shape index (κ3) is 1.69. The fraction of sp³-hybridized carbons (Fsp3) is 0.333. The van der Waals surface area contributed by atoms with Crippen LogP contribution in [-0.4, -0.2) is 13.7 Å². The molecule has 1 heterocycles. The lowest BCUT2D eigenvalue weighted by Gasteiger charge is -2.40. The number of nitrogens with one attached hydrogen (secondary N) is 1. The predicted octanol–water partition coefficient (Wildman–Crippen LogP) is 3.06. The van der Waals surface area contributed by atoms with Crippen LogP contribution in [0.25, 0.3) is 10.8 Å². The number of fused-ring (bicyclic) bond motifs is 1. The summed E-state index contributed by atoms with van der Waals surface area (Å²) >= 11 is 0. The summed E-state index contributed by atoms with van der Waals surface area (Å²) < 4.78 is 5.24. The highest BCUT2D eigenvalue weighted by Gasteiger charge is 2.32. The Hall–Kier alpha value is -1.54. The first-order valence-electron chi connectivity index (χ1n) is 6.05. The number of ether oxygens (including phenoxy) is 1. The molecule has 1 aliphatic heterocycles. The van der Waals surface area contributed by atoms with Gasteiger partial charge in [-0.15, -0.1) is 0 Å². The van der Waals surface area contributed by atoms with Gasteiger partial charge in [-0.05, 0) is 54.4 Å². The quantitative estimate of drug-likeness (QED) is 0.851. The van der Waals surface area contributed by atoms with Crippen LogP contribution in [0.3, 0.4) is 0 Å². The normalized spacial score (nSPS) is 23.4. The molecule has 0 bridgehead atoms. The maximum atomic E-state index is 5.24. The van der Waals surface area contributed by atoms with Gasteiger partial charge < -0.3 is 10.1 Å². The highest BCUT2D eigenvalue weighted by atomic mass is 16.5. The lowest BCUT2D eigenvalue weighted by molar-refractivity contribution is 0.237. The minimum atomic E-state index is 0.175. The molecule has 1 unspecified atom stereocenters. The smallest absolute Gasteiger partial charge is 0.119 e. The zero-order valence-corrected chi connectivity index (χ0v) is 10.3. The van der Waals surface area contributed by atoms with E-state index in [4.69, 9.17) is 4.74 Å². The molecule has 0 saturated carbocycles. The van der Waals surface area contributed by atoms with Crippen LogP contribution in [-0.2, 0) is 5.54 Å². The second kappa shape index (κ2) is 3.74. The summed E-state index contributed by atoms with van der Waals surface area (Å²) in [5.41, 5.74) is 1.55. The van der Waals surface area contributed by atoms with Gasteiger partial charge in [0.1, 0.15) is 5.75 Å². The highest BCUT2D eigenvalue weighted by Crippen LogP contribution is 2.33. The Morgan fingerprint density at radius 3 is 2.47 bits per heavy atom. The summed E-state index contributed by atoms with van der Waals surface area (Å²) in [4.78, 5) is 0. The highest BCUT2D eigenvalue weighted by molar-refractivity contribution is 5.84. The van der Waals surface area contributed by atoms with Crippen molar-refractivity contribution in [1.82, 2.24) is 5.32 Å². The summed E-state index contributed by atoms with van der Waals surface area (Å²) in [5.74, 6) is 0.915. The number of hydrogen-bond acceptors (Lipinski definition) is 2. The van der Waals surface area contributed by atoms with E-state index >= 15 is 0 Å². The molecule has 0 radical (unpaired) electrons. The Morgan fingerprint density at radius 1 is 1.12 bits per heavy atom. The summed E-state index contributed by atoms with van der Waals surface area (Å²) in [7, 11) is 1.70. The minimum absolute atomic E-state index is 0.175. The monoisotopic (exact) mass is 227 g/mol. The van der Waals surface area contributed by atoms with Crippen LogP contribution < -0.4 is 10.1 Å². The molecule has 0 amide bonds. The van der Waals surface area contributed by atoms with Crippen molar-refractivity contribution in [2.45, 2.75) is 18.9 Å². The Morgan fingerprint density at radius 2 is 1.82 bits per heavy atom. The first-order valence-corrected chi connectivity index (χ1v) is 6.05. The fourth-order valence-corrected chi connectivity index (χ4v) is 2.44. The van der Waals surface area contributed by atoms with Crippen LogP contribution in [0.2, 0.25) is 0 Å². The molecule has 0 aromatic heterocycles. The van der Waals surface area contributed by atoms with Crippen molar-refractivity contribution >= 4 is 10.8 Å². The van der Waals surface area contributed by atoms with Gasteiger partial charge in [-0.2, -0.15) is 0 Å². The van der Waals surface area contributed by atoms with E-state index in [0.717, 1.165) is 12.3 Å². The zero-order chi connectivity index (χ0) is 11.9. The van der Waals surface area contributed by atoms with E-state index in [1.165, 1.54) is 22.8 Å². The molecule has 0 spiro atoms. The molecule has 1 atom stereocenters. The van der Waals surface area contributed by atoms with Crippen LogP contribution in [0, 0.1) is 0 Å². The van der Waals surface area contributed by atoms with E-state index in [9.17, 15) is 0 Å². The molecular formula is C15H17NO. The Bertz CT molecular complexity index is 558. The van der Waals surface area contributed by atoms with Crippen molar-refractivity contribution in [2.75, 3.05) is 13.7 Å². The third-order valence-corrected chi connectivity index (χ3v) is 3.82. The number of methoxy groups -OCH3 is 1. The number of benzene rings is 2. The van der Waals surface area contributed by atoms with Crippen LogP contribution in [0.1, 0.15) is 18.9 Å². The summed E-state index contributed by atoms with van der Waals surface area (Å²) in [6.07, 6.45) is 1.22. The fourth-order valence-electron chi connectivity index (χ4n) is 2.44. The van der Waals surface area contributed by atoms with Gasteiger partial charge in [0.25, 0.3) is 0 Å². The van der Waals surface area contributed by atoms with Crippen molar-refractivity contribution in [3.63, 3.8) is 0 Å². The molecule has 3 rings (SSSR count). The molecule has 1 saturated heterocycles. The largest absolute Gasteiger partial charge is 0.497 e. The second-order valence-electron chi connectivity index (χ2n) is 4.94. The average Bonchev–Trinajstić information content (AvgIpc) is 2.34. The van der Waals surface area contributed by atoms with Gasteiger partial charge in [-0.25, -0.2) is 0 Å². The van der Waals surface area contributed by atoms with E-state index in [0.29, 0.717) is 0 Å². The van der Waals surface area contributed by atoms with Gasteiger partial charge >= 0.3 is 0 Å². The molecular weight excluding hydrogens is 210 g/mol. The maximum Gasteiger partial charge on any atom is 0.119 e. The van der Waals surface area contributed by atoms with Crippen molar-refractivity contribution in [3.8, 4) is 5.75 Å². The SMILES string of the molecule is COc1ccc2cc(C3(C)CCN3)ccc2c1. The lowest BCUT2D eigenvalue weighted by atomic mass is 9.82. The van der Waals surface area contributed by atoms with Gasteiger partial charge in [0, 0.05) is 5.54 Å². The van der Waals surface area contributed by atoms with Crippen LogP contribution in [0.5, 0.6) is 5.75 Å². The van der Waals surface area contributed by atoms with Gasteiger partial charge in [-0.3, -0.25) is 0 Å². The first-order chi connectivity index (χ1) is 8.21. The van der Waals surface area contributed by atoms with Crippen LogP contribution in [0.4, 0.5) is 0 Å². The standard InChI is InChI=1S/C15H17NO/c1-15(7-8-16-15)13-5-3-12-10-14(17-2)6-4-11(12)9-13/h3-6,9-10,16H,7-8H2,1-2H3. The molecule has 1 aliphatic rings. The molecule has 17 heavy (non-hydrogen) atoms. The summed E-state index contributed by atoms with van der Waals surface area (Å²) in [6, 6.07) is 12.9. The minimum Gasteiger partial charge on any atom is -0.497 e. The lowest BCUT2D eigenvalue weighted by Crippen LogP contribution is -2.51. The average molecular weight is 227 g/mol. The van der Waals surface area contributed by atoms with Crippen LogP contribution >= 0.6 is 0 Å². The van der Waals surface area contributed by atoms with E-state index in [1.807, 2.05) is 6.07 Å². The number of hydrogen-bond donors (Lipinski definition) is 1. The van der Waals surface area contributed by atoms with E-state index < -0.39 is 0 Å². The van der Waals surface area contributed by atoms with Gasteiger partial charge in [0.15, 0.2) is 0 Å². The Labute approximate surface area is 102 Å². The third-order valence-electron chi connectivity index (χ3n) is 3.82. The van der Waals surface area contributed by atoms with E-state index in [-0.39, 0.29) is 5.54 Å². The summed E-state index contributed by atoms with van der Waals surface area (Å²) in [5, 5.41) is 6.01.